The van der Waals surface area contributed by atoms with Gasteiger partial charge in [0.1, 0.15) is 0 Å². The highest BCUT2D eigenvalue weighted by molar-refractivity contribution is 7.16. The molecule has 6 heteroatoms. The Bertz CT molecular complexity index is 585. The summed E-state index contributed by atoms with van der Waals surface area (Å²) in [6.07, 6.45) is 0. The second kappa shape index (κ2) is 5.46. The Labute approximate surface area is 111 Å². The van der Waals surface area contributed by atoms with Crippen molar-refractivity contribution in [3.8, 4) is 0 Å². The van der Waals surface area contributed by atoms with Crippen LogP contribution < -0.4 is 5.32 Å². The zero-order valence-electron chi connectivity index (χ0n) is 9.04. The van der Waals surface area contributed by atoms with E-state index in [2.05, 4.69) is 5.32 Å². The Morgan fingerprint density at radius 1 is 1.22 bits per heavy atom. The molecule has 0 aliphatic carbocycles. The Morgan fingerprint density at radius 2 is 2.00 bits per heavy atom. The molecule has 2 nitrogen and oxygen atoms in total. The van der Waals surface area contributed by atoms with Gasteiger partial charge in [0.2, 0.25) is 0 Å². The molecule has 0 saturated heterocycles. The summed E-state index contributed by atoms with van der Waals surface area (Å²) in [6.45, 7) is 0.301. The molecule has 1 N–H and O–H groups in total. The number of amides is 1. The zero-order chi connectivity index (χ0) is 13.1. The molecule has 0 fully saturated rings. The fourth-order valence-electron chi connectivity index (χ4n) is 1.35. The van der Waals surface area contributed by atoms with Gasteiger partial charge in [-0.25, -0.2) is 8.78 Å². The minimum atomic E-state index is -1.04. The predicted molar refractivity (Wildman–Crippen MR) is 66.9 cm³/mol. The first kappa shape index (κ1) is 13.0. The SMILES string of the molecule is O=C(NCc1ccc(Cl)s1)c1ccc(F)c(F)c1. The Balaban J connectivity index is 2.01. The van der Waals surface area contributed by atoms with Crippen LogP contribution in [0.1, 0.15) is 15.2 Å². The first-order chi connectivity index (χ1) is 8.56. The maximum atomic E-state index is 12.9. The number of carbonyl (C=O) groups is 1. The lowest BCUT2D eigenvalue weighted by Crippen LogP contribution is -2.22. The fraction of sp³-hybridized carbons (Fsp3) is 0.0833. The third-order valence-corrected chi connectivity index (χ3v) is 3.46. The van der Waals surface area contributed by atoms with Crippen molar-refractivity contribution in [1.29, 1.82) is 0 Å². The van der Waals surface area contributed by atoms with E-state index in [1.54, 1.807) is 12.1 Å². The molecule has 2 rings (SSSR count). The summed E-state index contributed by atoms with van der Waals surface area (Å²) in [6, 6.07) is 6.54. The molecule has 18 heavy (non-hydrogen) atoms. The third kappa shape index (κ3) is 3.05. The number of hydrogen-bond donors (Lipinski definition) is 1. The zero-order valence-corrected chi connectivity index (χ0v) is 10.6. The summed E-state index contributed by atoms with van der Waals surface area (Å²) in [4.78, 5) is 12.5. The maximum Gasteiger partial charge on any atom is 0.251 e. The molecule has 0 aliphatic heterocycles. The van der Waals surface area contributed by atoms with E-state index in [1.807, 2.05) is 0 Å². The fourth-order valence-corrected chi connectivity index (χ4v) is 2.38. The van der Waals surface area contributed by atoms with Crippen LogP contribution in [0.4, 0.5) is 8.78 Å². The van der Waals surface area contributed by atoms with Crippen LogP contribution >= 0.6 is 22.9 Å². The van der Waals surface area contributed by atoms with Gasteiger partial charge in [-0.1, -0.05) is 11.6 Å². The summed E-state index contributed by atoms with van der Waals surface area (Å²) in [5.41, 5.74) is 0.0801. The molecule has 0 spiro atoms. The van der Waals surface area contributed by atoms with E-state index >= 15 is 0 Å². The van der Waals surface area contributed by atoms with Crippen LogP contribution in [0.25, 0.3) is 0 Å². The number of nitrogens with one attached hydrogen (secondary N) is 1. The van der Waals surface area contributed by atoms with E-state index in [0.717, 1.165) is 17.0 Å². The van der Waals surface area contributed by atoms with E-state index in [4.69, 9.17) is 11.6 Å². The van der Waals surface area contributed by atoms with Gasteiger partial charge in [0.15, 0.2) is 11.6 Å². The van der Waals surface area contributed by atoms with Gasteiger partial charge in [-0.05, 0) is 30.3 Å². The molecule has 94 valence electrons. The molecule has 0 unspecified atom stereocenters. The standard InChI is InChI=1S/C12H8ClF2NOS/c13-11-4-2-8(18-11)6-16-12(17)7-1-3-9(14)10(15)5-7/h1-5H,6H2,(H,16,17). The number of halogens is 3. The summed E-state index contributed by atoms with van der Waals surface area (Å²) in [7, 11) is 0. The molecule has 2 aromatic rings. The van der Waals surface area contributed by atoms with E-state index in [-0.39, 0.29) is 5.56 Å². The molecule has 0 saturated carbocycles. The van der Waals surface area contributed by atoms with E-state index in [9.17, 15) is 13.6 Å². The minimum absolute atomic E-state index is 0.0801. The quantitative estimate of drug-likeness (QED) is 0.918. The minimum Gasteiger partial charge on any atom is -0.347 e. The second-order valence-corrected chi connectivity index (χ2v) is 5.32. The second-order valence-electron chi connectivity index (χ2n) is 3.52. The Hall–Kier alpha value is -1.46. The van der Waals surface area contributed by atoms with Crippen LogP contribution in [0, 0.1) is 11.6 Å². The molecule has 0 atom stereocenters. The smallest absolute Gasteiger partial charge is 0.251 e. The summed E-state index contributed by atoms with van der Waals surface area (Å²) in [5.74, 6) is -2.48. The van der Waals surface area contributed by atoms with E-state index < -0.39 is 17.5 Å². The molecule has 0 radical (unpaired) electrons. The van der Waals surface area contributed by atoms with Gasteiger partial charge in [-0.2, -0.15) is 0 Å². The van der Waals surface area contributed by atoms with Crippen molar-refractivity contribution in [2.75, 3.05) is 0 Å². The first-order valence-electron chi connectivity index (χ1n) is 5.04. The van der Waals surface area contributed by atoms with Crippen molar-refractivity contribution in [3.63, 3.8) is 0 Å². The summed E-state index contributed by atoms with van der Waals surface area (Å²) in [5, 5.41) is 2.60. The number of hydrogen-bond acceptors (Lipinski definition) is 2. The van der Waals surface area contributed by atoms with E-state index in [1.165, 1.54) is 17.4 Å². The van der Waals surface area contributed by atoms with Gasteiger partial charge in [-0.15, -0.1) is 11.3 Å². The van der Waals surface area contributed by atoms with Crippen molar-refractivity contribution in [1.82, 2.24) is 5.32 Å². The molecular formula is C12H8ClF2NOS. The summed E-state index contributed by atoms with van der Waals surface area (Å²) >= 11 is 7.09. The molecule has 1 heterocycles. The number of rotatable bonds is 3. The molecule has 1 aromatic heterocycles. The van der Waals surface area contributed by atoms with Crippen molar-refractivity contribution >= 4 is 28.8 Å². The highest BCUT2D eigenvalue weighted by Gasteiger charge is 2.09. The van der Waals surface area contributed by atoms with Crippen LogP contribution in [0.15, 0.2) is 30.3 Å². The van der Waals surface area contributed by atoms with Gasteiger partial charge in [0, 0.05) is 10.4 Å². The first-order valence-corrected chi connectivity index (χ1v) is 6.23. The number of thiophene rings is 1. The average molecular weight is 288 g/mol. The van der Waals surface area contributed by atoms with Crippen LogP contribution in [0.3, 0.4) is 0 Å². The monoisotopic (exact) mass is 287 g/mol. The lowest BCUT2D eigenvalue weighted by molar-refractivity contribution is 0.0950. The highest BCUT2D eigenvalue weighted by Crippen LogP contribution is 2.21. The highest BCUT2D eigenvalue weighted by atomic mass is 35.5. The molecule has 1 aromatic carbocycles. The lowest BCUT2D eigenvalue weighted by Gasteiger charge is -2.04. The van der Waals surface area contributed by atoms with E-state index in [0.29, 0.717) is 10.9 Å². The third-order valence-electron chi connectivity index (χ3n) is 2.23. The number of benzene rings is 1. The average Bonchev–Trinajstić information content (AvgIpc) is 2.75. The van der Waals surface area contributed by atoms with Gasteiger partial charge < -0.3 is 5.32 Å². The van der Waals surface area contributed by atoms with Gasteiger partial charge >= 0.3 is 0 Å². The molecular weight excluding hydrogens is 280 g/mol. The topological polar surface area (TPSA) is 29.1 Å². The Kier molecular flexibility index (Phi) is 3.93. The van der Waals surface area contributed by atoms with Crippen molar-refractivity contribution in [2.24, 2.45) is 0 Å². The number of carbonyl (C=O) groups excluding carboxylic acids is 1. The van der Waals surface area contributed by atoms with Crippen molar-refractivity contribution in [3.05, 3.63) is 56.7 Å². The van der Waals surface area contributed by atoms with Crippen LogP contribution in [-0.4, -0.2) is 5.91 Å². The predicted octanol–water partition coefficient (Wildman–Crippen LogP) is 3.61. The van der Waals surface area contributed by atoms with Crippen LogP contribution in [0.2, 0.25) is 4.34 Å². The normalized spacial score (nSPS) is 10.4. The van der Waals surface area contributed by atoms with Gasteiger partial charge in [-0.3, -0.25) is 4.79 Å². The largest absolute Gasteiger partial charge is 0.347 e. The Morgan fingerprint density at radius 3 is 2.61 bits per heavy atom. The molecule has 0 aliphatic rings. The van der Waals surface area contributed by atoms with Crippen LogP contribution in [0.5, 0.6) is 0 Å². The van der Waals surface area contributed by atoms with Gasteiger partial charge in [0.05, 0.1) is 10.9 Å². The maximum absolute atomic E-state index is 12.9. The molecule has 1 amide bonds. The van der Waals surface area contributed by atoms with Crippen LogP contribution in [-0.2, 0) is 6.54 Å². The lowest BCUT2D eigenvalue weighted by atomic mass is 10.2. The summed E-state index contributed by atoms with van der Waals surface area (Å²) < 4.78 is 26.3. The van der Waals surface area contributed by atoms with Gasteiger partial charge in [0.25, 0.3) is 5.91 Å². The van der Waals surface area contributed by atoms with Crippen molar-refractivity contribution < 1.29 is 13.6 Å². The molecule has 0 bridgehead atoms. The van der Waals surface area contributed by atoms with Crippen molar-refractivity contribution in [2.45, 2.75) is 6.54 Å².